The van der Waals surface area contributed by atoms with Crippen molar-refractivity contribution in [3.8, 4) is 0 Å². The molecule has 0 radical (unpaired) electrons. The van der Waals surface area contributed by atoms with Gasteiger partial charge in [0.1, 0.15) is 0 Å². The van der Waals surface area contributed by atoms with Crippen LogP contribution >= 0.6 is 15.9 Å². The lowest BCUT2D eigenvalue weighted by Gasteiger charge is -2.28. The van der Waals surface area contributed by atoms with Crippen LogP contribution in [0.2, 0.25) is 0 Å². The fourth-order valence-electron chi connectivity index (χ4n) is 1.85. The van der Waals surface area contributed by atoms with E-state index < -0.39 is 0 Å². The van der Waals surface area contributed by atoms with Gasteiger partial charge in [0.15, 0.2) is 5.82 Å². The second kappa shape index (κ2) is 5.62. The van der Waals surface area contributed by atoms with Crippen molar-refractivity contribution in [1.82, 2.24) is 4.98 Å². The number of pyridine rings is 1. The van der Waals surface area contributed by atoms with E-state index in [2.05, 4.69) is 20.9 Å². The molecule has 2 atom stereocenters. The molecule has 0 amide bonds. The number of halogens is 1. The molecule has 0 saturated carbocycles. The molecule has 2 rings (SSSR count). The predicted molar refractivity (Wildman–Crippen MR) is 69.2 cm³/mol. The zero-order chi connectivity index (χ0) is 12.3. The number of ether oxygens (including phenoxy) is 1. The van der Waals surface area contributed by atoms with Crippen molar-refractivity contribution in [1.29, 1.82) is 0 Å². The number of hydrogen-bond acceptors (Lipinski definition) is 4. The van der Waals surface area contributed by atoms with Gasteiger partial charge in [0.25, 0.3) is 0 Å². The Balaban J connectivity index is 2.06. The minimum atomic E-state index is -0.0323. The van der Waals surface area contributed by atoms with Crippen molar-refractivity contribution in [3.63, 3.8) is 0 Å². The zero-order valence-electron chi connectivity index (χ0n) is 9.58. The lowest BCUT2D eigenvalue weighted by molar-refractivity contribution is 0.118. The van der Waals surface area contributed by atoms with E-state index in [4.69, 9.17) is 4.74 Å². The largest absolute Gasteiger partial charge is 0.377 e. The first kappa shape index (κ1) is 12.5. The number of aromatic nitrogens is 1. The molecule has 0 spiro atoms. The summed E-state index contributed by atoms with van der Waals surface area (Å²) in [5.74, 6) is 0.554. The van der Waals surface area contributed by atoms with Crippen LogP contribution in [0.5, 0.6) is 0 Å². The van der Waals surface area contributed by atoms with E-state index in [9.17, 15) is 5.21 Å². The molecule has 4 nitrogen and oxygen atoms in total. The molecular weight excluding hydrogens is 284 g/mol. The fraction of sp³-hybridized carbons (Fsp3) is 0.417. The summed E-state index contributed by atoms with van der Waals surface area (Å²) in [5, 5.41) is 11.3. The fourth-order valence-corrected chi connectivity index (χ4v) is 2.09. The first-order chi connectivity index (χ1) is 8.20. The first-order valence-corrected chi connectivity index (χ1v) is 6.31. The summed E-state index contributed by atoms with van der Waals surface area (Å²) in [6.07, 6.45) is 7.53. The summed E-state index contributed by atoms with van der Waals surface area (Å²) >= 11 is 3.31. The average Bonchev–Trinajstić information content (AvgIpc) is 2.39. The third-order valence-electron chi connectivity index (χ3n) is 2.86. The Kier molecular flexibility index (Phi) is 4.15. The highest BCUT2D eigenvalue weighted by atomic mass is 79.9. The second-order valence-corrected chi connectivity index (χ2v) is 4.90. The molecular formula is C12H15BrN2O2. The molecule has 0 fully saturated rings. The van der Waals surface area contributed by atoms with Crippen molar-refractivity contribution in [2.24, 2.45) is 0 Å². The Morgan fingerprint density at radius 3 is 2.76 bits per heavy atom. The molecule has 5 heteroatoms. The van der Waals surface area contributed by atoms with Crippen molar-refractivity contribution in [2.45, 2.75) is 25.0 Å². The maximum atomic E-state index is 10.1. The molecule has 1 aromatic rings. The van der Waals surface area contributed by atoms with E-state index in [1.165, 1.54) is 5.06 Å². The van der Waals surface area contributed by atoms with E-state index in [1.807, 2.05) is 18.2 Å². The number of rotatable bonds is 3. The van der Waals surface area contributed by atoms with E-state index in [0.717, 1.165) is 17.3 Å². The van der Waals surface area contributed by atoms with E-state index in [0.29, 0.717) is 5.82 Å². The Hall–Kier alpha value is -0.910. The van der Waals surface area contributed by atoms with Crippen LogP contribution in [0.1, 0.15) is 12.8 Å². The van der Waals surface area contributed by atoms with Crippen LogP contribution in [0.25, 0.3) is 0 Å². The van der Waals surface area contributed by atoms with Gasteiger partial charge < -0.3 is 4.74 Å². The summed E-state index contributed by atoms with van der Waals surface area (Å²) in [6, 6.07) is 3.60. The van der Waals surface area contributed by atoms with Gasteiger partial charge >= 0.3 is 0 Å². The van der Waals surface area contributed by atoms with Gasteiger partial charge in [-0.15, -0.1) is 0 Å². The third kappa shape index (κ3) is 3.06. The Bertz CT molecular complexity index is 394. The van der Waals surface area contributed by atoms with Gasteiger partial charge in [-0.3, -0.25) is 5.21 Å². The summed E-state index contributed by atoms with van der Waals surface area (Å²) in [4.78, 5) is 4.16. The van der Waals surface area contributed by atoms with Gasteiger partial charge in [0.05, 0.1) is 12.1 Å². The molecule has 1 aliphatic rings. The van der Waals surface area contributed by atoms with Crippen molar-refractivity contribution in [2.75, 3.05) is 12.2 Å². The van der Waals surface area contributed by atoms with Crippen molar-refractivity contribution >= 4 is 21.7 Å². The quantitative estimate of drug-likeness (QED) is 0.688. The number of hydroxylamine groups is 1. The molecule has 17 heavy (non-hydrogen) atoms. The SMILES string of the molecule is CO[C@H]1C=C[C@H](N(O)c2ccc(Br)cn2)CC1. The molecule has 1 aliphatic carbocycles. The lowest BCUT2D eigenvalue weighted by atomic mass is 10.0. The van der Waals surface area contributed by atoms with E-state index in [-0.39, 0.29) is 12.1 Å². The van der Waals surface area contributed by atoms with Crippen LogP contribution in [0.4, 0.5) is 5.82 Å². The standard InChI is InChI=1S/C12H15BrN2O2/c1-17-11-5-3-10(4-6-11)15(16)12-7-2-9(13)8-14-12/h2-3,5,7-8,10-11,16H,4,6H2,1H3/t10-,11-/m0/s1. The summed E-state index contributed by atoms with van der Waals surface area (Å²) in [7, 11) is 1.70. The van der Waals surface area contributed by atoms with Gasteiger partial charge in [-0.25, -0.2) is 10.0 Å². The molecule has 1 aromatic heterocycles. The summed E-state index contributed by atoms with van der Waals surface area (Å²) < 4.78 is 6.13. The van der Waals surface area contributed by atoms with Crippen LogP contribution in [-0.4, -0.2) is 29.4 Å². The third-order valence-corrected chi connectivity index (χ3v) is 3.33. The maximum absolute atomic E-state index is 10.1. The molecule has 0 saturated heterocycles. The minimum Gasteiger partial charge on any atom is -0.377 e. The highest BCUT2D eigenvalue weighted by Gasteiger charge is 2.21. The van der Waals surface area contributed by atoms with Crippen LogP contribution in [0, 0.1) is 0 Å². The number of nitrogens with zero attached hydrogens (tertiary/aromatic N) is 2. The molecule has 0 bridgehead atoms. The van der Waals surface area contributed by atoms with E-state index >= 15 is 0 Å². The summed E-state index contributed by atoms with van der Waals surface area (Å²) in [5.41, 5.74) is 0. The van der Waals surface area contributed by atoms with E-state index in [1.54, 1.807) is 19.4 Å². The first-order valence-electron chi connectivity index (χ1n) is 5.51. The van der Waals surface area contributed by atoms with Gasteiger partial charge in [-0.2, -0.15) is 0 Å². The number of anilines is 1. The zero-order valence-corrected chi connectivity index (χ0v) is 11.2. The highest BCUT2D eigenvalue weighted by molar-refractivity contribution is 9.10. The highest BCUT2D eigenvalue weighted by Crippen LogP contribution is 2.22. The molecule has 1 heterocycles. The van der Waals surface area contributed by atoms with Crippen LogP contribution < -0.4 is 5.06 Å². The normalized spacial score (nSPS) is 23.7. The van der Waals surface area contributed by atoms with Gasteiger partial charge in [-0.05, 0) is 40.9 Å². The molecule has 0 aromatic carbocycles. The Morgan fingerprint density at radius 1 is 1.41 bits per heavy atom. The topological polar surface area (TPSA) is 45.6 Å². The molecule has 92 valence electrons. The van der Waals surface area contributed by atoms with Gasteiger partial charge in [0, 0.05) is 17.8 Å². The Labute approximate surface area is 109 Å². The van der Waals surface area contributed by atoms with Crippen molar-refractivity contribution in [3.05, 3.63) is 35.0 Å². The Morgan fingerprint density at radius 2 is 2.24 bits per heavy atom. The molecule has 0 unspecified atom stereocenters. The predicted octanol–water partition coefficient (Wildman–Crippen LogP) is 2.77. The smallest absolute Gasteiger partial charge is 0.152 e. The average molecular weight is 299 g/mol. The number of hydrogen-bond donors (Lipinski definition) is 1. The second-order valence-electron chi connectivity index (χ2n) is 3.98. The van der Waals surface area contributed by atoms with Crippen LogP contribution in [-0.2, 0) is 4.74 Å². The monoisotopic (exact) mass is 298 g/mol. The minimum absolute atomic E-state index is 0.0323. The van der Waals surface area contributed by atoms with Crippen LogP contribution in [0.15, 0.2) is 35.0 Å². The lowest BCUT2D eigenvalue weighted by Crippen LogP contribution is -2.34. The van der Waals surface area contributed by atoms with Crippen molar-refractivity contribution < 1.29 is 9.94 Å². The molecule has 0 aliphatic heterocycles. The molecule has 1 N–H and O–H groups in total. The van der Waals surface area contributed by atoms with Crippen LogP contribution in [0.3, 0.4) is 0 Å². The summed E-state index contributed by atoms with van der Waals surface area (Å²) in [6.45, 7) is 0. The maximum Gasteiger partial charge on any atom is 0.152 e. The van der Waals surface area contributed by atoms with Gasteiger partial charge in [-0.1, -0.05) is 12.2 Å². The van der Waals surface area contributed by atoms with Gasteiger partial charge in [0.2, 0.25) is 0 Å². The number of methoxy groups -OCH3 is 1.